The van der Waals surface area contributed by atoms with Crippen molar-refractivity contribution in [1.29, 1.82) is 0 Å². The van der Waals surface area contributed by atoms with Crippen molar-refractivity contribution in [3.8, 4) is 0 Å². The van der Waals surface area contributed by atoms with Crippen LogP contribution in [0.1, 0.15) is 6.92 Å². The van der Waals surface area contributed by atoms with Crippen LogP contribution in [0.25, 0.3) is 0 Å². The summed E-state index contributed by atoms with van der Waals surface area (Å²) in [6.07, 6.45) is -7.76. The van der Waals surface area contributed by atoms with Gasteiger partial charge in [-0.2, -0.15) is 74.6 Å². The van der Waals surface area contributed by atoms with Gasteiger partial charge in [-0.3, -0.25) is 0 Å². The SMILES string of the molecule is CC(N)C(F)(F)C(F)(F)C(F)(F)C(F)(F)C(F)(F)C(F)(F)C(F)(F)C(F)(F)F. The second-order valence-corrected chi connectivity index (χ2v) is 5.36. The van der Waals surface area contributed by atoms with Crippen LogP contribution in [0.15, 0.2) is 0 Å². The van der Waals surface area contributed by atoms with Gasteiger partial charge in [-0.1, -0.05) is 0 Å². The van der Waals surface area contributed by atoms with E-state index in [4.69, 9.17) is 0 Å². The van der Waals surface area contributed by atoms with Crippen LogP contribution in [0.5, 0.6) is 0 Å². The Hall–Kier alpha value is -1.23. The van der Waals surface area contributed by atoms with Crippen molar-refractivity contribution in [3.05, 3.63) is 0 Å². The van der Waals surface area contributed by atoms with E-state index >= 15 is 0 Å². The first-order chi connectivity index (χ1) is 11.7. The van der Waals surface area contributed by atoms with E-state index < -0.39 is 53.7 Å². The largest absolute Gasteiger partial charge is 0.460 e. The molecular formula is C10H6F17N. The van der Waals surface area contributed by atoms with Crippen molar-refractivity contribution in [3.63, 3.8) is 0 Å². The number of nitrogens with two attached hydrogens (primary N) is 1. The van der Waals surface area contributed by atoms with E-state index in [1.807, 2.05) is 0 Å². The average Bonchev–Trinajstić information content (AvgIpc) is 2.44. The summed E-state index contributed by atoms with van der Waals surface area (Å²) >= 11 is 0. The van der Waals surface area contributed by atoms with Crippen LogP contribution in [-0.2, 0) is 0 Å². The summed E-state index contributed by atoms with van der Waals surface area (Å²) in [6, 6.07) is -3.52. The van der Waals surface area contributed by atoms with Gasteiger partial charge >= 0.3 is 47.6 Å². The Morgan fingerprint density at radius 3 is 0.857 bits per heavy atom. The van der Waals surface area contributed by atoms with E-state index in [1.165, 1.54) is 0 Å². The van der Waals surface area contributed by atoms with Crippen molar-refractivity contribution in [2.75, 3.05) is 0 Å². The van der Waals surface area contributed by atoms with E-state index in [9.17, 15) is 74.6 Å². The summed E-state index contributed by atoms with van der Waals surface area (Å²) in [6.45, 7) is -0.243. The van der Waals surface area contributed by atoms with Crippen molar-refractivity contribution in [1.82, 2.24) is 0 Å². The fourth-order valence-corrected chi connectivity index (χ4v) is 1.46. The van der Waals surface area contributed by atoms with Gasteiger partial charge in [0.25, 0.3) is 0 Å². The molecule has 0 amide bonds. The molecule has 0 aromatic heterocycles. The van der Waals surface area contributed by atoms with Gasteiger partial charge in [0, 0.05) is 0 Å². The van der Waals surface area contributed by atoms with Gasteiger partial charge in [-0.05, 0) is 6.92 Å². The minimum absolute atomic E-state index is 0.243. The minimum Gasteiger partial charge on any atom is -0.323 e. The molecule has 2 N–H and O–H groups in total. The average molecular weight is 463 g/mol. The zero-order chi connectivity index (χ0) is 23.6. The molecule has 0 aliphatic carbocycles. The Morgan fingerprint density at radius 2 is 0.643 bits per heavy atom. The summed E-state index contributed by atoms with van der Waals surface area (Å²) in [4.78, 5) is 0. The Balaban J connectivity index is 6.72. The van der Waals surface area contributed by atoms with Crippen LogP contribution >= 0.6 is 0 Å². The first-order valence-corrected chi connectivity index (χ1v) is 6.16. The molecule has 1 nitrogen and oxygen atoms in total. The van der Waals surface area contributed by atoms with Crippen molar-refractivity contribution in [2.45, 2.75) is 60.6 Å². The summed E-state index contributed by atoms with van der Waals surface area (Å²) in [5, 5.41) is 0. The highest BCUT2D eigenvalue weighted by Crippen LogP contribution is 2.64. The molecule has 0 spiro atoms. The molecule has 0 radical (unpaired) electrons. The first-order valence-electron chi connectivity index (χ1n) is 6.16. The highest BCUT2D eigenvalue weighted by molar-refractivity contribution is 5.15. The molecule has 18 heteroatoms. The number of hydrogen-bond donors (Lipinski definition) is 1. The molecule has 28 heavy (non-hydrogen) atoms. The van der Waals surface area contributed by atoms with E-state index in [1.54, 1.807) is 0 Å². The number of alkyl halides is 17. The topological polar surface area (TPSA) is 26.0 Å². The van der Waals surface area contributed by atoms with Crippen LogP contribution in [0, 0.1) is 0 Å². The van der Waals surface area contributed by atoms with Gasteiger partial charge in [-0.15, -0.1) is 0 Å². The number of halogens is 17. The third kappa shape index (κ3) is 3.05. The maximum atomic E-state index is 13.2. The third-order valence-corrected chi connectivity index (χ3v) is 3.32. The molecule has 0 aromatic carbocycles. The standard InChI is InChI=1S/C10H6F17N/c1-2(28)3(11,12)4(13,14)5(15,16)6(17,18)7(19,20)8(21,22)9(23,24)10(25,26)27/h2H,28H2,1H3. The van der Waals surface area contributed by atoms with Gasteiger partial charge in [0.1, 0.15) is 0 Å². The Bertz CT molecular complexity index is 571. The second kappa shape index (κ2) is 6.38. The molecule has 0 aliphatic rings. The van der Waals surface area contributed by atoms with Crippen LogP contribution in [0.3, 0.4) is 0 Å². The number of hydrogen-bond acceptors (Lipinski definition) is 1. The Morgan fingerprint density at radius 1 is 0.429 bits per heavy atom. The van der Waals surface area contributed by atoms with Gasteiger partial charge in [-0.25, -0.2) is 0 Å². The Kier molecular flexibility index (Phi) is 6.10. The minimum atomic E-state index is -8.61. The van der Waals surface area contributed by atoms with Crippen LogP contribution in [-0.4, -0.2) is 53.7 Å². The molecule has 0 rings (SSSR count). The van der Waals surface area contributed by atoms with Crippen molar-refractivity contribution >= 4 is 0 Å². The predicted octanol–water partition coefficient (Wildman–Crippen LogP) is 5.34. The monoisotopic (exact) mass is 463 g/mol. The fraction of sp³-hybridized carbons (Fsp3) is 1.00. The molecule has 0 heterocycles. The lowest BCUT2D eigenvalue weighted by Crippen LogP contribution is -2.75. The van der Waals surface area contributed by atoms with Crippen LogP contribution in [0.2, 0.25) is 0 Å². The lowest BCUT2D eigenvalue weighted by molar-refractivity contribution is -0.462. The second-order valence-electron chi connectivity index (χ2n) is 5.36. The van der Waals surface area contributed by atoms with E-state index in [0.717, 1.165) is 0 Å². The van der Waals surface area contributed by atoms with E-state index in [2.05, 4.69) is 5.73 Å². The fourth-order valence-electron chi connectivity index (χ4n) is 1.46. The van der Waals surface area contributed by atoms with Crippen molar-refractivity contribution in [2.24, 2.45) is 5.73 Å². The van der Waals surface area contributed by atoms with Crippen LogP contribution < -0.4 is 5.73 Å². The summed E-state index contributed by atoms with van der Waals surface area (Å²) in [5.41, 5.74) is 4.10. The predicted molar refractivity (Wildman–Crippen MR) is 54.3 cm³/mol. The molecule has 170 valence electrons. The van der Waals surface area contributed by atoms with Gasteiger partial charge in [0.05, 0.1) is 6.04 Å². The highest BCUT2D eigenvalue weighted by Gasteiger charge is 2.95. The van der Waals surface area contributed by atoms with Gasteiger partial charge in [0.2, 0.25) is 0 Å². The first kappa shape index (κ1) is 26.8. The summed E-state index contributed by atoms with van der Waals surface area (Å²) < 4.78 is 217. The van der Waals surface area contributed by atoms with Gasteiger partial charge < -0.3 is 5.73 Å². The molecule has 0 aromatic rings. The maximum Gasteiger partial charge on any atom is 0.460 e. The molecule has 0 bridgehead atoms. The van der Waals surface area contributed by atoms with Gasteiger partial charge in [0.15, 0.2) is 0 Å². The molecule has 0 saturated heterocycles. The van der Waals surface area contributed by atoms with E-state index in [-0.39, 0.29) is 6.92 Å². The Labute approximate surface area is 142 Å². The quantitative estimate of drug-likeness (QED) is 0.507. The zero-order valence-corrected chi connectivity index (χ0v) is 12.6. The van der Waals surface area contributed by atoms with Crippen molar-refractivity contribution < 1.29 is 74.6 Å². The lowest BCUT2D eigenvalue weighted by atomic mass is 9.87. The normalized spacial score (nSPS) is 17.7. The highest BCUT2D eigenvalue weighted by atomic mass is 19.4. The molecule has 1 atom stereocenters. The lowest BCUT2D eigenvalue weighted by Gasteiger charge is -2.43. The summed E-state index contributed by atoms with van der Waals surface area (Å²) in [5.74, 6) is -56.3. The maximum absolute atomic E-state index is 13.2. The number of rotatable bonds is 7. The zero-order valence-electron chi connectivity index (χ0n) is 12.6. The molecule has 0 saturated carbocycles. The van der Waals surface area contributed by atoms with E-state index in [0.29, 0.717) is 0 Å². The molecule has 1 unspecified atom stereocenters. The molecule has 0 fully saturated rings. The third-order valence-electron chi connectivity index (χ3n) is 3.32. The van der Waals surface area contributed by atoms with Crippen LogP contribution in [0.4, 0.5) is 74.6 Å². The smallest absolute Gasteiger partial charge is 0.323 e. The summed E-state index contributed by atoms with van der Waals surface area (Å²) in [7, 11) is 0. The molecular weight excluding hydrogens is 457 g/mol. The molecule has 0 aliphatic heterocycles.